The molecular formula is C32H23O4P. The summed E-state index contributed by atoms with van der Waals surface area (Å²) in [4.78, 5) is 11.0. The molecule has 0 aromatic heterocycles. The van der Waals surface area contributed by atoms with Crippen LogP contribution in [-0.4, -0.2) is 4.89 Å². The normalized spacial score (nSPS) is 11.5. The Morgan fingerprint density at radius 1 is 0.459 bits per heavy atom. The molecule has 6 aromatic rings. The van der Waals surface area contributed by atoms with E-state index in [0.29, 0.717) is 11.1 Å². The molecule has 0 aliphatic carbocycles. The van der Waals surface area contributed by atoms with Crippen molar-refractivity contribution in [1.29, 1.82) is 0 Å². The topological polar surface area (TPSA) is 55.8 Å². The maximum absolute atomic E-state index is 13.5. The van der Waals surface area contributed by atoms with Crippen molar-refractivity contribution in [2.75, 3.05) is 0 Å². The first-order chi connectivity index (χ1) is 18.1. The van der Waals surface area contributed by atoms with Gasteiger partial charge in [0.1, 0.15) is 11.5 Å². The van der Waals surface area contributed by atoms with E-state index in [4.69, 9.17) is 9.05 Å². The molecule has 6 aromatic carbocycles. The Morgan fingerprint density at radius 2 is 0.784 bits per heavy atom. The summed E-state index contributed by atoms with van der Waals surface area (Å²) < 4.78 is 25.1. The summed E-state index contributed by atoms with van der Waals surface area (Å²) in [7, 11) is -4.59. The molecule has 1 N–H and O–H groups in total. The Morgan fingerprint density at radius 3 is 1.16 bits per heavy atom. The lowest BCUT2D eigenvalue weighted by Crippen LogP contribution is -2.02. The summed E-state index contributed by atoms with van der Waals surface area (Å²) in [5, 5.41) is 3.80. The zero-order chi connectivity index (χ0) is 25.2. The second-order valence-electron chi connectivity index (χ2n) is 8.77. The summed E-state index contributed by atoms with van der Waals surface area (Å²) in [6.45, 7) is 0. The van der Waals surface area contributed by atoms with E-state index in [2.05, 4.69) is 0 Å². The highest BCUT2D eigenvalue weighted by molar-refractivity contribution is 7.48. The van der Waals surface area contributed by atoms with E-state index >= 15 is 0 Å². The van der Waals surface area contributed by atoms with Crippen molar-refractivity contribution in [1.82, 2.24) is 0 Å². The molecule has 0 saturated heterocycles. The van der Waals surface area contributed by atoms with Crippen molar-refractivity contribution < 1.29 is 18.5 Å². The van der Waals surface area contributed by atoms with Gasteiger partial charge in [0.15, 0.2) is 0 Å². The quantitative estimate of drug-likeness (QED) is 0.231. The molecule has 0 radical (unpaired) electrons. The van der Waals surface area contributed by atoms with Crippen molar-refractivity contribution in [3.63, 3.8) is 0 Å². The van der Waals surface area contributed by atoms with E-state index in [0.717, 1.165) is 32.7 Å². The van der Waals surface area contributed by atoms with Gasteiger partial charge in [0.25, 0.3) is 0 Å². The van der Waals surface area contributed by atoms with Crippen molar-refractivity contribution in [3.8, 4) is 33.8 Å². The lowest BCUT2D eigenvalue weighted by atomic mass is 10.0. The number of fused-ring (bicyclic) bond motifs is 2. The third kappa shape index (κ3) is 4.85. The van der Waals surface area contributed by atoms with Crippen molar-refractivity contribution in [3.05, 3.63) is 133 Å². The van der Waals surface area contributed by atoms with Crippen LogP contribution in [0.2, 0.25) is 0 Å². The van der Waals surface area contributed by atoms with Crippen molar-refractivity contribution in [2.45, 2.75) is 0 Å². The Bertz CT molecular complexity index is 1640. The highest BCUT2D eigenvalue weighted by Crippen LogP contribution is 2.50. The number of phosphoric ester groups is 1. The minimum atomic E-state index is -4.59. The summed E-state index contributed by atoms with van der Waals surface area (Å²) in [6.07, 6.45) is 0. The zero-order valence-electron chi connectivity index (χ0n) is 19.8. The maximum Gasteiger partial charge on any atom is 0.584 e. The molecule has 180 valence electrons. The van der Waals surface area contributed by atoms with Gasteiger partial charge in [0, 0.05) is 11.1 Å². The molecule has 0 saturated carbocycles. The lowest BCUT2D eigenvalue weighted by molar-refractivity contribution is 0.292. The second-order valence-corrected chi connectivity index (χ2v) is 10.1. The Balaban J connectivity index is 1.43. The molecule has 6 rings (SSSR count). The summed E-state index contributed by atoms with van der Waals surface area (Å²) in [5.41, 5.74) is 3.16. The highest BCUT2D eigenvalue weighted by Gasteiger charge is 2.28. The third-order valence-corrected chi connectivity index (χ3v) is 7.15. The van der Waals surface area contributed by atoms with Gasteiger partial charge in [-0.1, -0.05) is 109 Å². The number of hydrogen-bond acceptors (Lipinski definition) is 3. The second kappa shape index (κ2) is 9.59. The van der Waals surface area contributed by atoms with Crippen LogP contribution in [0.15, 0.2) is 133 Å². The number of phosphoric acid groups is 1. The van der Waals surface area contributed by atoms with Crippen LogP contribution >= 0.6 is 7.82 Å². The molecule has 0 fully saturated rings. The average molecular weight is 503 g/mol. The molecule has 0 aliphatic rings. The third-order valence-electron chi connectivity index (χ3n) is 6.29. The van der Waals surface area contributed by atoms with Crippen molar-refractivity contribution >= 4 is 29.4 Å². The van der Waals surface area contributed by atoms with Gasteiger partial charge in [0.2, 0.25) is 0 Å². The van der Waals surface area contributed by atoms with E-state index < -0.39 is 7.82 Å². The van der Waals surface area contributed by atoms with Gasteiger partial charge in [0.05, 0.1) is 0 Å². The minimum Gasteiger partial charge on any atom is -0.395 e. The van der Waals surface area contributed by atoms with Gasteiger partial charge in [-0.15, -0.1) is 0 Å². The Labute approximate surface area is 215 Å². The van der Waals surface area contributed by atoms with Gasteiger partial charge < -0.3 is 9.05 Å². The first-order valence-corrected chi connectivity index (χ1v) is 13.4. The van der Waals surface area contributed by atoms with Crippen molar-refractivity contribution in [2.24, 2.45) is 0 Å². The van der Waals surface area contributed by atoms with E-state index in [1.165, 1.54) is 0 Å². The summed E-state index contributed by atoms with van der Waals surface area (Å²) >= 11 is 0. The van der Waals surface area contributed by atoms with Gasteiger partial charge in [-0.2, -0.15) is 0 Å². The minimum absolute atomic E-state index is 0.276. The van der Waals surface area contributed by atoms with E-state index in [1.807, 2.05) is 121 Å². The monoisotopic (exact) mass is 502 g/mol. The molecule has 0 bridgehead atoms. The SMILES string of the molecule is O=P(O)(Oc1cc2ccccc2cc1-c1ccccc1)Oc1cc2ccccc2cc1-c1ccccc1. The van der Waals surface area contributed by atoms with Gasteiger partial charge >= 0.3 is 7.82 Å². The fourth-order valence-electron chi connectivity index (χ4n) is 4.54. The van der Waals surface area contributed by atoms with Gasteiger partial charge in [-0.3, -0.25) is 4.89 Å². The fraction of sp³-hybridized carbons (Fsp3) is 0. The fourth-order valence-corrected chi connectivity index (χ4v) is 5.38. The van der Waals surface area contributed by atoms with Crippen LogP contribution in [0.3, 0.4) is 0 Å². The largest absolute Gasteiger partial charge is 0.584 e. The number of benzene rings is 6. The van der Waals surface area contributed by atoms with E-state index in [-0.39, 0.29) is 11.5 Å². The predicted molar refractivity (Wildman–Crippen MR) is 150 cm³/mol. The molecule has 4 nitrogen and oxygen atoms in total. The van der Waals surface area contributed by atoms with Crippen LogP contribution in [0.1, 0.15) is 0 Å². The zero-order valence-corrected chi connectivity index (χ0v) is 20.7. The van der Waals surface area contributed by atoms with Crippen LogP contribution in [0.5, 0.6) is 11.5 Å². The highest BCUT2D eigenvalue weighted by atomic mass is 31.2. The molecular weight excluding hydrogens is 479 g/mol. The number of rotatable bonds is 6. The average Bonchev–Trinajstić information content (AvgIpc) is 2.93. The molecule has 5 heteroatoms. The molecule has 0 atom stereocenters. The molecule has 0 spiro atoms. The molecule has 37 heavy (non-hydrogen) atoms. The standard InChI is InChI=1S/C32H23O4P/c33-37(34,35-31-21-27-17-9-7-15-25(27)19-29(31)23-11-3-1-4-12-23)36-32-22-28-18-10-8-16-26(28)20-30(32)24-13-5-2-6-14-24/h1-22H,(H,33,34). The maximum atomic E-state index is 13.5. The molecule has 0 amide bonds. The summed E-state index contributed by atoms with van der Waals surface area (Å²) in [6, 6.07) is 42.4. The van der Waals surface area contributed by atoms with Crippen LogP contribution in [0.4, 0.5) is 0 Å². The molecule has 0 aliphatic heterocycles. The first-order valence-electron chi connectivity index (χ1n) is 11.9. The molecule has 0 heterocycles. The van der Waals surface area contributed by atoms with Gasteiger partial charge in [-0.25, -0.2) is 4.57 Å². The number of hydrogen-bond donors (Lipinski definition) is 1. The van der Waals surface area contributed by atoms with Crippen LogP contribution < -0.4 is 9.05 Å². The first kappa shape index (κ1) is 23.1. The van der Waals surface area contributed by atoms with Crippen LogP contribution in [0, 0.1) is 0 Å². The smallest absolute Gasteiger partial charge is 0.395 e. The van der Waals surface area contributed by atoms with E-state index in [9.17, 15) is 9.46 Å². The Hall–Kier alpha value is -4.37. The Kier molecular flexibility index (Phi) is 5.97. The van der Waals surface area contributed by atoms with Crippen LogP contribution in [0.25, 0.3) is 43.8 Å². The summed E-state index contributed by atoms with van der Waals surface area (Å²) in [5.74, 6) is 0.551. The molecule has 0 unspecified atom stereocenters. The predicted octanol–water partition coefficient (Wildman–Crippen LogP) is 8.89. The lowest BCUT2D eigenvalue weighted by Gasteiger charge is -2.19. The van der Waals surface area contributed by atoms with Crippen LogP contribution in [-0.2, 0) is 4.57 Å². The van der Waals surface area contributed by atoms with E-state index in [1.54, 1.807) is 12.1 Å². The van der Waals surface area contributed by atoms with Gasteiger partial charge in [-0.05, 0) is 56.9 Å².